The van der Waals surface area contributed by atoms with E-state index in [1.165, 1.54) is 18.4 Å². The van der Waals surface area contributed by atoms with E-state index in [9.17, 15) is 0 Å². The smallest absolute Gasteiger partial charge is 0.242 e. The van der Waals surface area contributed by atoms with Crippen molar-refractivity contribution in [1.29, 1.82) is 0 Å². The first-order valence-corrected chi connectivity index (χ1v) is 9.42. The Balaban J connectivity index is 2.21. The number of hydrogen-bond acceptors (Lipinski definition) is 1. The normalized spacial score (nSPS) is 17.3. The first kappa shape index (κ1) is 11.5. The van der Waals surface area contributed by atoms with Crippen molar-refractivity contribution in [3.05, 3.63) is 42.0 Å². The van der Waals surface area contributed by atoms with Crippen LogP contribution in [0.4, 0.5) is 0 Å². The molecule has 2 heteroatoms. The molecule has 1 aliphatic carbocycles. The van der Waals surface area contributed by atoms with Crippen LogP contribution in [0.25, 0.3) is 5.76 Å². The molecule has 0 spiro atoms. The summed E-state index contributed by atoms with van der Waals surface area (Å²) in [4.78, 5) is 0. The summed E-state index contributed by atoms with van der Waals surface area (Å²) in [7, 11) is -1.51. The van der Waals surface area contributed by atoms with Crippen molar-refractivity contribution in [1.82, 2.24) is 0 Å². The molecule has 0 radical (unpaired) electrons. The molecule has 0 saturated heterocycles. The van der Waals surface area contributed by atoms with Gasteiger partial charge in [-0.1, -0.05) is 30.3 Å². The van der Waals surface area contributed by atoms with Crippen LogP contribution in [0.15, 0.2) is 36.4 Å². The predicted octanol–water partition coefficient (Wildman–Crippen LogP) is 4.29. The standard InChI is InChI=1S/C14H20OSi/c1-16(2,3)15-14(11-12-9-10-12)13-7-5-4-6-8-13/h4-8,11-12H,9-10H2,1-3H3/b14-11-. The van der Waals surface area contributed by atoms with Gasteiger partial charge in [-0.2, -0.15) is 0 Å². The lowest BCUT2D eigenvalue weighted by Gasteiger charge is -2.22. The van der Waals surface area contributed by atoms with Gasteiger partial charge in [0.25, 0.3) is 0 Å². The molecule has 0 amide bonds. The second-order valence-corrected chi connectivity index (χ2v) is 9.88. The summed E-state index contributed by atoms with van der Waals surface area (Å²) >= 11 is 0. The summed E-state index contributed by atoms with van der Waals surface area (Å²) in [5.74, 6) is 1.86. The molecule has 1 aliphatic rings. The third kappa shape index (κ3) is 3.53. The van der Waals surface area contributed by atoms with Gasteiger partial charge in [0.1, 0.15) is 5.76 Å². The fraction of sp³-hybridized carbons (Fsp3) is 0.429. The van der Waals surface area contributed by atoms with Gasteiger partial charge >= 0.3 is 0 Å². The van der Waals surface area contributed by atoms with Gasteiger partial charge in [-0.25, -0.2) is 0 Å². The van der Waals surface area contributed by atoms with Crippen molar-refractivity contribution in [2.45, 2.75) is 32.5 Å². The van der Waals surface area contributed by atoms with E-state index in [1.54, 1.807) is 0 Å². The number of rotatable bonds is 4. The van der Waals surface area contributed by atoms with Gasteiger partial charge in [0.05, 0.1) is 0 Å². The molecular formula is C14H20OSi. The third-order valence-corrected chi connectivity index (χ3v) is 3.32. The summed E-state index contributed by atoms with van der Waals surface area (Å²) < 4.78 is 6.17. The van der Waals surface area contributed by atoms with Gasteiger partial charge in [-0.15, -0.1) is 0 Å². The van der Waals surface area contributed by atoms with Crippen molar-refractivity contribution in [3.8, 4) is 0 Å². The van der Waals surface area contributed by atoms with Crippen molar-refractivity contribution in [3.63, 3.8) is 0 Å². The van der Waals surface area contributed by atoms with E-state index in [2.05, 4.69) is 50.0 Å². The van der Waals surface area contributed by atoms with Crippen LogP contribution >= 0.6 is 0 Å². The highest BCUT2D eigenvalue weighted by Crippen LogP contribution is 2.34. The Morgan fingerprint density at radius 2 is 1.81 bits per heavy atom. The zero-order chi connectivity index (χ0) is 11.6. The van der Waals surface area contributed by atoms with E-state index in [1.807, 2.05) is 6.07 Å². The molecule has 0 aliphatic heterocycles. The quantitative estimate of drug-likeness (QED) is 0.556. The molecular weight excluding hydrogens is 212 g/mol. The zero-order valence-corrected chi connectivity index (χ0v) is 11.4. The average molecular weight is 232 g/mol. The maximum absolute atomic E-state index is 6.17. The molecule has 0 N–H and O–H groups in total. The summed E-state index contributed by atoms with van der Waals surface area (Å²) in [6.45, 7) is 6.70. The number of hydrogen-bond donors (Lipinski definition) is 0. The van der Waals surface area contributed by atoms with Crippen LogP contribution in [-0.4, -0.2) is 8.32 Å². The van der Waals surface area contributed by atoms with Crippen LogP contribution in [0.1, 0.15) is 18.4 Å². The number of allylic oxidation sites excluding steroid dienone is 1. The van der Waals surface area contributed by atoms with E-state index in [4.69, 9.17) is 4.43 Å². The van der Waals surface area contributed by atoms with Crippen LogP contribution in [0.5, 0.6) is 0 Å². The molecule has 0 atom stereocenters. The molecule has 1 fully saturated rings. The Morgan fingerprint density at radius 3 is 2.31 bits per heavy atom. The van der Waals surface area contributed by atoms with Crippen LogP contribution < -0.4 is 0 Å². The van der Waals surface area contributed by atoms with Crippen molar-refractivity contribution >= 4 is 14.1 Å². The molecule has 1 aromatic rings. The van der Waals surface area contributed by atoms with Crippen LogP contribution in [0, 0.1) is 5.92 Å². The van der Waals surface area contributed by atoms with Gasteiger partial charge in [-0.3, -0.25) is 0 Å². The second kappa shape index (κ2) is 4.46. The fourth-order valence-electron chi connectivity index (χ4n) is 1.60. The molecule has 16 heavy (non-hydrogen) atoms. The van der Waals surface area contributed by atoms with Crippen LogP contribution in [-0.2, 0) is 4.43 Å². The molecule has 0 heterocycles. The summed E-state index contributed by atoms with van der Waals surface area (Å²) in [6, 6.07) is 10.5. The van der Waals surface area contributed by atoms with Gasteiger partial charge < -0.3 is 4.43 Å². The highest BCUT2D eigenvalue weighted by Gasteiger charge is 2.23. The monoisotopic (exact) mass is 232 g/mol. The molecule has 0 bridgehead atoms. The lowest BCUT2D eigenvalue weighted by atomic mass is 10.1. The highest BCUT2D eigenvalue weighted by atomic mass is 28.4. The highest BCUT2D eigenvalue weighted by molar-refractivity contribution is 6.70. The maximum atomic E-state index is 6.17. The van der Waals surface area contributed by atoms with Crippen molar-refractivity contribution in [2.75, 3.05) is 0 Å². The Morgan fingerprint density at radius 1 is 1.19 bits per heavy atom. The largest absolute Gasteiger partial charge is 0.544 e. The van der Waals surface area contributed by atoms with E-state index < -0.39 is 8.32 Å². The molecule has 86 valence electrons. The average Bonchev–Trinajstić information content (AvgIpc) is 3.00. The Kier molecular flexibility index (Phi) is 3.19. The molecule has 1 nitrogen and oxygen atoms in total. The SMILES string of the molecule is C[Si](C)(C)O/C(=C\C1CC1)c1ccccc1. The lowest BCUT2D eigenvalue weighted by Crippen LogP contribution is -2.24. The van der Waals surface area contributed by atoms with Gasteiger partial charge in [0, 0.05) is 5.56 Å². The minimum absolute atomic E-state index is 0.756. The Hall–Kier alpha value is -1.02. The van der Waals surface area contributed by atoms with Crippen molar-refractivity contribution in [2.24, 2.45) is 5.92 Å². The first-order chi connectivity index (χ1) is 7.54. The lowest BCUT2D eigenvalue weighted by molar-refractivity contribution is 0.511. The topological polar surface area (TPSA) is 9.23 Å². The molecule has 1 aromatic carbocycles. The summed E-state index contributed by atoms with van der Waals surface area (Å²) in [6.07, 6.45) is 4.96. The first-order valence-electron chi connectivity index (χ1n) is 6.01. The van der Waals surface area contributed by atoms with Gasteiger partial charge in [0.15, 0.2) is 0 Å². The van der Waals surface area contributed by atoms with E-state index >= 15 is 0 Å². The zero-order valence-electron chi connectivity index (χ0n) is 10.4. The summed E-state index contributed by atoms with van der Waals surface area (Å²) in [5.41, 5.74) is 1.22. The Labute approximate surface area is 99.3 Å². The predicted molar refractivity (Wildman–Crippen MR) is 71.6 cm³/mol. The van der Waals surface area contributed by atoms with Crippen LogP contribution in [0.2, 0.25) is 19.6 Å². The maximum Gasteiger partial charge on any atom is 0.242 e. The van der Waals surface area contributed by atoms with E-state index in [0.29, 0.717) is 0 Å². The second-order valence-electron chi connectivity index (χ2n) is 5.45. The van der Waals surface area contributed by atoms with Gasteiger partial charge in [0.2, 0.25) is 8.32 Å². The Bertz CT molecular complexity index is 371. The van der Waals surface area contributed by atoms with E-state index in [-0.39, 0.29) is 0 Å². The molecule has 0 unspecified atom stereocenters. The molecule has 1 saturated carbocycles. The fourth-order valence-corrected chi connectivity index (χ4v) is 2.44. The molecule has 2 rings (SSSR count). The van der Waals surface area contributed by atoms with Gasteiger partial charge in [-0.05, 0) is 44.5 Å². The van der Waals surface area contributed by atoms with Crippen LogP contribution in [0.3, 0.4) is 0 Å². The summed E-state index contributed by atoms with van der Waals surface area (Å²) in [5, 5.41) is 0. The van der Waals surface area contributed by atoms with Crippen molar-refractivity contribution < 1.29 is 4.43 Å². The minimum atomic E-state index is -1.51. The van der Waals surface area contributed by atoms with E-state index in [0.717, 1.165) is 11.7 Å². The number of benzene rings is 1. The minimum Gasteiger partial charge on any atom is -0.544 e. The third-order valence-electron chi connectivity index (χ3n) is 2.48. The molecule has 0 aromatic heterocycles.